The van der Waals surface area contributed by atoms with Gasteiger partial charge in [-0.3, -0.25) is 4.90 Å². The minimum absolute atomic E-state index is 0.225. The first-order valence-corrected chi connectivity index (χ1v) is 10.2. The van der Waals surface area contributed by atoms with Gasteiger partial charge in [0.2, 0.25) is 0 Å². The zero-order chi connectivity index (χ0) is 21.9. The van der Waals surface area contributed by atoms with Gasteiger partial charge in [-0.15, -0.1) is 13.2 Å². The molecular weight excluding hydrogens is 400 g/mol. The van der Waals surface area contributed by atoms with E-state index in [9.17, 15) is 13.2 Å². The van der Waals surface area contributed by atoms with E-state index in [1.165, 1.54) is 6.07 Å². The summed E-state index contributed by atoms with van der Waals surface area (Å²) in [7, 11) is 1.28. The number of nitrogens with zero attached hydrogens (tertiary/aromatic N) is 2. The first kappa shape index (κ1) is 21.9. The Morgan fingerprint density at radius 3 is 2.20 bits per heavy atom. The van der Waals surface area contributed by atoms with E-state index < -0.39 is 30.8 Å². The second-order valence-corrected chi connectivity index (χ2v) is 9.22. The summed E-state index contributed by atoms with van der Waals surface area (Å²) in [5.74, 6) is -0.267. The molecule has 10 heteroatoms. The molecule has 2 atom stereocenters. The third-order valence-electron chi connectivity index (χ3n) is 6.46. The lowest BCUT2D eigenvalue weighted by atomic mass is 9.78. The van der Waals surface area contributed by atoms with Gasteiger partial charge in [0, 0.05) is 31.7 Å². The lowest BCUT2D eigenvalue weighted by Gasteiger charge is -2.32. The van der Waals surface area contributed by atoms with E-state index in [-0.39, 0.29) is 12.0 Å². The number of piperazine rings is 1. The van der Waals surface area contributed by atoms with Crippen molar-refractivity contribution in [2.75, 3.05) is 33.2 Å². The Hall–Kier alpha value is -1.33. The fourth-order valence-corrected chi connectivity index (χ4v) is 3.81. The number of likely N-dealkylation sites (N-methyl/N-ethyl adjacent to an activating group) is 1. The van der Waals surface area contributed by atoms with Gasteiger partial charge in [-0.2, -0.15) is 0 Å². The smallest absolute Gasteiger partial charge is 0.405 e. The largest absolute Gasteiger partial charge is 0.573 e. The SMILES string of the molecule is CN1CCN(C2OC2c2ccc(B3OC(C)(C)C(C)(C)O3)cc2OC(F)(F)F)CC1. The molecule has 2 unspecified atom stereocenters. The molecule has 3 heterocycles. The molecule has 0 radical (unpaired) electrons. The molecule has 3 saturated heterocycles. The molecule has 0 N–H and O–H groups in total. The van der Waals surface area contributed by atoms with Gasteiger partial charge in [0.15, 0.2) is 0 Å². The van der Waals surface area contributed by atoms with Crippen LogP contribution in [0.2, 0.25) is 0 Å². The molecule has 30 heavy (non-hydrogen) atoms. The fourth-order valence-electron chi connectivity index (χ4n) is 3.81. The summed E-state index contributed by atoms with van der Waals surface area (Å²) >= 11 is 0. The van der Waals surface area contributed by atoms with E-state index in [2.05, 4.69) is 14.5 Å². The normalized spacial score (nSPS) is 29.3. The van der Waals surface area contributed by atoms with Crippen LogP contribution >= 0.6 is 0 Å². The Morgan fingerprint density at radius 1 is 1.03 bits per heavy atom. The quantitative estimate of drug-likeness (QED) is 0.543. The van der Waals surface area contributed by atoms with Crippen LogP contribution in [0.3, 0.4) is 0 Å². The molecule has 0 spiro atoms. The van der Waals surface area contributed by atoms with Crippen molar-refractivity contribution < 1.29 is 32.0 Å². The van der Waals surface area contributed by atoms with Crippen LogP contribution in [0.4, 0.5) is 13.2 Å². The number of hydrogen-bond acceptors (Lipinski definition) is 6. The second-order valence-electron chi connectivity index (χ2n) is 9.22. The van der Waals surface area contributed by atoms with Crippen LogP contribution in [-0.2, 0) is 14.0 Å². The number of ether oxygens (including phenoxy) is 2. The van der Waals surface area contributed by atoms with Gasteiger partial charge in [-0.1, -0.05) is 12.1 Å². The van der Waals surface area contributed by atoms with Gasteiger partial charge in [0.1, 0.15) is 18.1 Å². The first-order chi connectivity index (χ1) is 13.9. The van der Waals surface area contributed by atoms with Crippen LogP contribution in [0.25, 0.3) is 0 Å². The predicted molar refractivity (Wildman–Crippen MR) is 106 cm³/mol. The average Bonchev–Trinajstić information content (AvgIpc) is 3.36. The zero-order valence-electron chi connectivity index (χ0n) is 18.0. The Balaban J connectivity index is 1.56. The van der Waals surface area contributed by atoms with Crippen molar-refractivity contribution in [2.24, 2.45) is 0 Å². The Kier molecular flexibility index (Phi) is 5.38. The topological polar surface area (TPSA) is 46.7 Å². The van der Waals surface area contributed by atoms with Crippen LogP contribution in [0.1, 0.15) is 39.4 Å². The van der Waals surface area contributed by atoms with Crippen LogP contribution in [0.15, 0.2) is 18.2 Å². The highest BCUT2D eigenvalue weighted by Crippen LogP contribution is 2.46. The molecule has 0 aliphatic carbocycles. The number of halogens is 3. The van der Waals surface area contributed by atoms with E-state index in [1.807, 2.05) is 34.7 Å². The Morgan fingerprint density at radius 2 is 1.63 bits per heavy atom. The van der Waals surface area contributed by atoms with Gasteiger partial charge >= 0.3 is 13.5 Å². The lowest BCUT2D eigenvalue weighted by Crippen LogP contribution is -2.45. The van der Waals surface area contributed by atoms with Gasteiger partial charge in [-0.25, -0.2) is 0 Å². The van der Waals surface area contributed by atoms with Gasteiger partial charge in [-0.05, 0) is 46.3 Å². The molecule has 166 valence electrons. The van der Waals surface area contributed by atoms with Crippen LogP contribution in [-0.4, -0.2) is 73.9 Å². The summed E-state index contributed by atoms with van der Waals surface area (Å²) in [5.41, 5.74) is -0.314. The summed E-state index contributed by atoms with van der Waals surface area (Å²) in [6.45, 7) is 11.0. The van der Waals surface area contributed by atoms with E-state index in [1.54, 1.807) is 12.1 Å². The van der Waals surface area contributed by atoms with Gasteiger partial charge in [0.25, 0.3) is 0 Å². The molecule has 0 saturated carbocycles. The highest BCUT2D eigenvalue weighted by Gasteiger charge is 2.53. The Bertz CT molecular complexity index is 781. The van der Waals surface area contributed by atoms with Crippen LogP contribution in [0.5, 0.6) is 5.75 Å². The maximum absolute atomic E-state index is 13.1. The minimum Gasteiger partial charge on any atom is -0.405 e. The van der Waals surface area contributed by atoms with Gasteiger partial charge < -0.3 is 23.7 Å². The van der Waals surface area contributed by atoms with E-state index in [0.29, 0.717) is 11.0 Å². The summed E-state index contributed by atoms with van der Waals surface area (Å²) in [6.07, 6.45) is -5.48. The van der Waals surface area contributed by atoms with E-state index >= 15 is 0 Å². The standard InChI is InChI=1S/C20H28BF3N2O4/c1-18(2)19(3,4)30-21(29-18)13-6-7-14(15(12-13)28-20(22,23)24)16-17(27-16)26-10-8-25(5)9-11-26/h6-7,12,16-17H,8-11H2,1-5H3. The average molecular weight is 428 g/mol. The number of hydrogen-bond donors (Lipinski definition) is 0. The van der Waals surface area contributed by atoms with E-state index in [0.717, 1.165) is 26.2 Å². The van der Waals surface area contributed by atoms with Crippen LogP contribution < -0.4 is 10.2 Å². The number of epoxide rings is 1. The Labute approximate surface area is 175 Å². The monoisotopic (exact) mass is 428 g/mol. The fraction of sp³-hybridized carbons (Fsp3) is 0.700. The zero-order valence-corrected chi connectivity index (χ0v) is 18.0. The molecule has 1 aromatic rings. The molecule has 0 aromatic heterocycles. The third kappa shape index (κ3) is 4.34. The van der Waals surface area contributed by atoms with Crippen molar-refractivity contribution in [3.63, 3.8) is 0 Å². The van der Waals surface area contributed by atoms with Crippen molar-refractivity contribution in [1.29, 1.82) is 0 Å². The van der Waals surface area contributed by atoms with Crippen molar-refractivity contribution in [2.45, 2.75) is 57.6 Å². The number of benzene rings is 1. The molecule has 6 nitrogen and oxygen atoms in total. The van der Waals surface area contributed by atoms with Crippen molar-refractivity contribution in [3.8, 4) is 5.75 Å². The number of rotatable bonds is 4. The van der Waals surface area contributed by atoms with Crippen molar-refractivity contribution in [3.05, 3.63) is 23.8 Å². The summed E-state index contributed by atoms with van der Waals surface area (Å²) in [6, 6.07) is 4.71. The summed E-state index contributed by atoms with van der Waals surface area (Å²) < 4.78 is 61.4. The number of alkyl halides is 3. The molecule has 3 aliphatic heterocycles. The van der Waals surface area contributed by atoms with E-state index in [4.69, 9.17) is 14.0 Å². The maximum Gasteiger partial charge on any atom is 0.573 e. The van der Waals surface area contributed by atoms with Crippen LogP contribution in [0, 0.1) is 0 Å². The second kappa shape index (κ2) is 7.37. The molecular formula is C20H28BF3N2O4. The third-order valence-corrected chi connectivity index (χ3v) is 6.46. The molecule has 3 aliphatic rings. The predicted octanol–water partition coefficient (Wildman–Crippen LogP) is 2.53. The van der Waals surface area contributed by atoms with Crippen molar-refractivity contribution in [1.82, 2.24) is 9.80 Å². The first-order valence-electron chi connectivity index (χ1n) is 10.2. The molecule has 0 amide bonds. The molecule has 1 aromatic carbocycles. The summed E-state index contributed by atoms with van der Waals surface area (Å²) in [4.78, 5) is 4.37. The minimum atomic E-state index is -4.80. The lowest BCUT2D eigenvalue weighted by molar-refractivity contribution is -0.274. The molecule has 4 rings (SSSR count). The molecule has 3 fully saturated rings. The highest BCUT2D eigenvalue weighted by atomic mass is 19.4. The van der Waals surface area contributed by atoms with Crippen molar-refractivity contribution >= 4 is 12.6 Å². The maximum atomic E-state index is 13.1. The summed E-state index contributed by atoms with van der Waals surface area (Å²) in [5, 5.41) is 0. The molecule has 0 bridgehead atoms. The van der Waals surface area contributed by atoms with Gasteiger partial charge in [0.05, 0.1) is 11.2 Å². The highest BCUT2D eigenvalue weighted by molar-refractivity contribution is 6.62.